The van der Waals surface area contributed by atoms with Crippen LogP contribution in [0.2, 0.25) is 0 Å². The van der Waals surface area contributed by atoms with Crippen LogP contribution in [-0.4, -0.2) is 15.0 Å². The van der Waals surface area contributed by atoms with Gasteiger partial charge in [0.25, 0.3) is 0 Å². The van der Waals surface area contributed by atoms with Crippen molar-refractivity contribution in [3.63, 3.8) is 0 Å². The second kappa shape index (κ2) is 4.98. The molecule has 0 amide bonds. The lowest BCUT2D eigenvalue weighted by molar-refractivity contribution is 0.670. The van der Waals surface area contributed by atoms with Crippen LogP contribution >= 0.6 is 15.9 Å². The fourth-order valence-electron chi connectivity index (χ4n) is 1.65. The molecular weight excluding hydrogens is 280 g/mol. The number of nitrogens with zero attached hydrogens (tertiary/aromatic N) is 3. The van der Waals surface area contributed by atoms with Gasteiger partial charge in [-0.1, -0.05) is 28.1 Å². The molecule has 0 saturated heterocycles. The number of hydrogen-bond acceptors (Lipinski definition) is 3. The number of rotatable bonds is 3. The number of nitrogens with two attached hydrogens (primary N) is 1. The van der Waals surface area contributed by atoms with Gasteiger partial charge in [-0.15, -0.1) is 5.10 Å². The minimum Gasteiger partial charge on any atom is -0.323 e. The molecule has 1 atom stereocenters. The second-order valence-electron chi connectivity index (χ2n) is 4.03. The van der Waals surface area contributed by atoms with Gasteiger partial charge in [0.15, 0.2) is 0 Å². The maximum absolute atomic E-state index is 5.92. The maximum atomic E-state index is 5.92. The molecule has 0 spiro atoms. The molecule has 90 valence electrons. The molecule has 0 radical (unpaired) electrons. The van der Waals surface area contributed by atoms with Gasteiger partial charge in [0, 0.05) is 4.47 Å². The van der Waals surface area contributed by atoms with Crippen LogP contribution in [0.25, 0.3) is 5.69 Å². The highest BCUT2D eigenvalue weighted by atomic mass is 79.9. The predicted octanol–water partition coefficient (Wildman–Crippen LogP) is 2.75. The van der Waals surface area contributed by atoms with Crippen molar-refractivity contribution in [3.8, 4) is 5.69 Å². The smallest absolute Gasteiger partial charge is 0.0998 e. The summed E-state index contributed by atoms with van der Waals surface area (Å²) in [5.74, 6) is 0. The number of halogens is 1. The Bertz CT molecular complexity index is 521. The Balaban J connectivity index is 2.37. The molecule has 0 bridgehead atoms. The normalized spacial score (nSPS) is 12.7. The van der Waals surface area contributed by atoms with Gasteiger partial charge < -0.3 is 5.73 Å². The molecule has 17 heavy (non-hydrogen) atoms. The Labute approximate surface area is 109 Å². The van der Waals surface area contributed by atoms with Crippen LogP contribution in [0.4, 0.5) is 0 Å². The molecule has 1 heterocycles. The van der Waals surface area contributed by atoms with E-state index in [1.54, 1.807) is 4.68 Å². The third kappa shape index (κ3) is 2.56. The van der Waals surface area contributed by atoms with Crippen molar-refractivity contribution in [2.45, 2.75) is 26.3 Å². The Kier molecular flexibility index (Phi) is 3.59. The molecule has 4 nitrogen and oxygen atoms in total. The number of aromatic nitrogens is 3. The van der Waals surface area contributed by atoms with Crippen molar-refractivity contribution >= 4 is 15.9 Å². The Morgan fingerprint density at radius 2 is 2.24 bits per heavy atom. The molecule has 1 unspecified atom stereocenters. The fourth-order valence-corrected chi connectivity index (χ4v) is 2.12. The van der Waals surface area contributed by atoms with Crippen molar-refractivity contribution < 1.29 is 0 Å². The fraction of sp³-hybridized carbons (Fsp3) is 0.333. The van der Waals surface area contributed by atoms with E-state index >= 15 is 0 Å². The van der Waals surface area contributed by atoms with E-state index in [2.05, 4.69) is 32.3 Å². The van der Waals surface area contributed by atoms with Gasteiger partial charge in [0.2, 0.25) is 0 Å². The van der Waals surface area contributed by atoms with E-state index in [0.717, 1.165) is 27.8 Å². The van der Waals surface area contributed by atoms with Crippen LogP contribution in [0, 0.1) is 6.92 Å². The summed E-state index contributed by atoms with van der Waals surface area (Å²) in [5, 5.41) is 8.22. The van der Waals surface area contributed by atoms with E-state index in [1.807, 2.05) is 32.2 Å². The van der Waals surface area contributed by atoms with Crippen LogP contribution in [0.1, 0.15) is 30.6 Å². The number of aryl methyl sites for hydroxylation is 1. The first-order valence-electron chi connectivity index (χ1n) is 5.56. The summed E-state index contributed by atoms with van der Waals surface area (Å²) in [7, 11) is 0. The molecule has 2 N–H and O–H groups in total. The van der Waals surface area contributed by atoms with E-state index in [-0.39, 0.29) is 6.04 Å². The molecule has 5 heteroatoms. The summed E-state index contributed by atoms with van der Waals surface area (Å²) in [4.78, 5) is 0. The van der Waals surface area contributed by atoms with Gasteiger partial charge in [-0.05, 0) is 37.1 Å². The zero-order valence-corrected chi connectivity index (χ0v) is 11.5. The Morgan fingerprint density at radius 1 is 1.47 bits per heavy atom. The minimum atomic E-state index is -0.0421. The van der Waals surface area contributed by atoms with Crippen molar-refractivity contribution in [2.75, 3.05) is 0 Å². The van der Waals surface area contributed by atoms with Crippen LogP contribution < -0.4 is 5.73 Å². The van der Waals surface area contributed by atoms with E-state index in [4.69, 9.17) is 5.73 Å². The quantitative estimate of drug-likeness (QED) is 0.947. The van der Waals surface area contributed by atoms with Crippen LogP contribution in [0.5, 0.6) is 0 Å². The first-order chi connectivity index (χ1) is 8.11. The van der Waals surface area contributed by atoms with Crippen LogP contribution in [0.15, 0.2) is 28.9 Å². The molecule has 1 aromatic carbocycles. The summed E-state index contributed by atoms with van der Waals surface area (Å²) in [6, 6.07) is 6.01. The second-order valence-corrected chi connectivity index (χ2v) is 4.95. The zero-order valence-electron chi connectivity index (χ0n) is 9.89. The predicted molar refractivity (Wildman–Crippen MR) is 71.0 cm³/mol. The molecule has 1 aromatic heterocycles. The highest BCUT2D eigenvalue weighted by Gasteiger charge is 2.10. The van der Waals surface area contributed by atoms with Gasteiger partial charge >= 0.3 is 0 Å². The van der Waals surface area contributed by atoms with Gasteiger partial charge in [-0.3, -0.25) is 0 Å². The summed E-state index contributed by atoms with van der Waals surface area (Å²) in [5.41, 5.74) is 8.92. The van der Waals surface area contributed by atoms with E-state index in [0.29, 0.717) is 0 Å². The molecule has 0 aliphatic heterocycles. The van der Waals surface area contributed by atoms with E-state index < -0.39 is 0 Å². The van der Waals surface area contributed by atoms with Crippen molar-refractivity contribution in [1.29, 1.82) is 0 Å². The molecule has 0 aliphatic rings. The average molecular weight is 295 g/mol. The number of hydrogen-bond donors (Lipinski definition) is 1. The molecule has 0 saturated carbocycles. The monoisotopic (exact) mass is 294 g/mol. The molecule has 2 aromatic rings. The average Bonchev–Trinajstić information content (AvgIpc) is 2.77. The van der Waals surface area contributed by atoms with E-state index in [9.17, 15) is 0 Å². The van der Waals surface area contributed by atoms with Crippen LogP contribution in [0.3, 0.4) is 0 Å². The van der Waals surface area contributed by atoms with Crippen molar-refractivity contribution in [3.05, 3.63) is 40.1 Å². The van der Waals surface area contributed by atoms with Crippen LogP contribution in [-0.2, 0) is 0 Å². The van der Waals surface area contributed by atoms with E-state index in [1.165, 1.54) is 0 Å². The number of benzene rings is 1. The molecule has 0 aliphatic carbocycles. The molecule has 2 rings (SSSR count). The third-order valence-electron chi connectivity index (χ3n) is 2.74. The largest absolute Gasteiger partial charge is 0.323 e. The topological polar surface area (TPSA) is 56.7 Å². The third-order valence-corrected chi connectivity index (χ3v) is 3.23. The van der Waals surface area contributed by atoms with Crippen molar-refractivity contribution in [1.82, 2.24) is 15.0 Å². The summed E-state index contributed by atoms with van der Waals surface area (Å²) < 4.78 is 2.83. The molecule has 0 fully saturated rings. The lowest BCUT2D eigenvalue weighted by atomic mass is 10.2. The molecular formula is C12H15BrN4. The highest BCUT2D eigenvalue weighted by Crippen LogP contribution is 2.19. The zero-order chi connectivity index (χ0) is 12.4. The maximum Gasteiger partial charge on any atom is 0.0998 e. The first-order valence-corrected chi connectivity index (χ1v) is 6.35. The van der Waals surface area contributed by atoms with Gasteiger partial charge in [-0.2, -0.15) is 0 Å². The lowest BCUT2D eigenvalue weighted by Crippen LogP contribution is -2.08. The van der Waals surface area contributed by atoms with Gasteiger partial charge in [0.05, 0.1) is 23.6 Å². The lowest BCUT2D eigenvalue weighted by Gasteiger charge is -2.05. The Hall–Kier alpha value is -1.20. The highest BCUT2D eigenvalue weighted by molar-refractivity contribution is 9.10. The first kappa shape index (κ1) is 12.3. The minimum absolute atomic E-state index is 0.0421. The summed E-state index contributed by atoms with van der Waals surface area (Å²) >= 11 is 3.44. The van der Waals surface area contributed by atoms with Gasteiger partial charge in [0.1, 0.15) is 0 Å². The summed E-state index contributed by atoms with van der Waals surface area (Å²) in [6.45, 7) is 4.08. The SMILES string of the molecule is CCC(N)c1cn(-c2ccc(Br)cc2C)nn1. The standard InChI is InChI=1S/C12H15BrN4/c1-3-10(14)11-7-17(16-15-11)12-5-4-9(13)6-8(12)2/h4-7,10H,3,14H2,1-2H3. The summed E-state index contributed by atoms with van der Waals surface area (Å²) in [6.07, 6.45) is 2.75. The Morgan fingerprint density at radius 3 is 2.88 bits per heavy atom. The van der Waals surface area contributed by atoms with Crippen molar-refractivity contribution in [2.24, 2.45) is 5.73 Å². The van der Waals surface area contributed by atoms with Gasteiger partial charge in [-0.25, -0.2) is 4.68 Å².